The average Bonchev–Trinajstić information content (AvgIpc) is 2.46. The van der Waals surface area contributed by atoms with Gasteiger partial charge in [-0.15, -0.1) is 0 Å². The van der Waals surface area contributed by atoms with Crippen molar-refractivity contribution in [2.24, 2.45) is 0 Å². The molecule has 0 unspecified atom stereocenters. The molecule has 0 aliphatic rings. The number of anilines is 1. The summed E-state index contributed by atoms with van der Waals surface area (Å²) in [5.41, 5.74) is 1.07. The molecule has 0 fully saturated rings. The van der Waals surface area contributed by atoms with Crippen molar-refractivity contribution in [2.75, 3.05) is 18.5 Å². The molecule has 0 amide bonds. The van der Waals surface area contributed by atoms with Gasteiger partial charge in [0.2, 0.25) is 0 Å². The van der Waals surface area contributed by atoms with Crippen molar-refractivity contribution >= 4 is 5.69 Å². The van der Waals surface area contributed by atoms with Gasteiger partial charge in [0.25, 0.3) is 0 Å². The number of benzene rings is 2. The van der Waals surface area contributed by atoms with Gasteiger partial charge in [-0.25, -0.2) is 0 Å². The van der Waals surface area contributed by atoms with E-state index >= 15 is 0 Å². The van der Waals surface area contributed by atoms with Crippen LogP contribution < -0.4 is 10.1 Å². The molecule has 1 N–H and O–H groups in total. The van der Waals surface area contributed by atoms with Gasteiger partial charge in [-0.2, -0.15) is 0 Å². The molecule has 0 saturated carbocycles. The van der Waals surface area contributed by atoms with E-state index in [4.69, 9.17) is 9.47 Å². The molecule has 0 aliphatic carbocycles. The summed E-state index contributed by atoms with van der Waals surface area (Å²) in [6.07, 6.45) is 0.276. The summed E-state index contributed by atoms with van der Waals surface area (Å²) in [7, 11) is 0. The van der Waals surface area contributed by atoms with Gasteiger partial charge in [0.05, 0.1) is 12.7 Å². The largest absolute Gasteiger partial charge is 0.457 e. The van der Waals surface area contributed by atoms with Crippen molar-refractivity contribution in [2.45, 2.75) is 20.0 Å². The van der Waals surface area contributed by atoms with Gasteiger partial charge in [0.15, 0.2) is 0 Å². The van der Waals surface area contributed by atoms with Crippen LogP contribution in [0.1, 0.15) is 13.8 Å². The van der Waals surface area contributed by atoms with Gasteiger partial charge in [0, 0.05) is 12.2 Å². The molecule has 0 saturated heterocycles. The van der Waals surface area contributed by atoms with E-state index in [0.717, 1.165) is 23.7 Å². The molecule has 0 radical (unpaired) electrons. The van der Waals surface area contributed by atoms with Gasteiger partial charge in [-0.3, -0.25) is 0 Å². The second-order valence-electron chi connectivity index (χ2n) is 4.79. The van der Waals surface area contributed by atoms with Crippen LogP contribution in [0.4, 0.5) is 5.69 Å². The highest BCUT2D eigenvalue weighted by molar-refractivity contribution is 5.47. The number of nitrogens with one attached hydrogen (secondary N) is 1. The van der Waals surface area contributed by atoms with E-state index in [0.29, 0.717) is 6.61 Å². The minimum Gasteiger partial charge on any atom is -0.457 e. The van der Waals surface area contributed by atoms with Gasteiger partial charge < -0.3 is 14.8 Å². The molecular weight excluding hydrogens is 250 g/mol. The molecule has 0 atom stereocenters. The Bertz CT molecular complexity index is 494. The average molecular weight is 271 g/mol. The van der Waals surface area contributed by atoms with E-state index in [1.54, 1.807) is 0 Å². The molecule has 20 heavy (non-hydrogen) atoms. The number of ether oxygens (including phenoxy) is 2. The molecule has 106 valence electrons. The van der Waals surface area contributed by atoms with Crippen molar-refractivity contribution in [1.29, 1.82) is 0 Å². The second kappa shape index (κ2) is 7.56. The third-order valence-corrected chi connectivity index (χ3v) is 2.72. The summed E-state index contributed by atoms with van der Waals surface area (Å²) in [4.78, 5) is 0. The van der Waals surface area contributed by atoms with Crippen LogP contribution in [0, 0.1) is 0 Å². The highest BCUT2D eigenvalue weighted by Crippen LogP contribution is 2.22. The van der Waals surface area contributed by atoms with Crippen LogP contribution in [-0.4, -0.2) is 19.3 Å². The molecule has 3 nitrogen and oxygen atoms in total. The third-order valence-electron chi connectivity index (χ3n) is 2.72. The first-order chi connectivity index (χ1) is 9.74. The zero-order valence-corrected chi connectivity index (χ0v) is 12.0. The Kier molecular flexibility index (Phi) is 5.44. The molecular formula is C17H21NO2. The van der Waals surface area contributed by atoms with Crippen LogP contribution in [0.3, 0.4) is 0 Å². The summed E-state index contributed by atoms with van der Waals surface area (Å²) < 4.78 is 11.2. The van der Waals surface area contributed by atoms with Crippen molar-refractivity contribution in [1.82, 2.24) is 0 Å². The Morgan fingerprint density at radius 3 is 2.20 bits per heavy atom. The predicted molar refractivity (Wildman–Crippen MR) is 82.5 cm³/mol. The molecule has 0 spiro atoms. The maximum atomic E-state index is 5.74. The van der Waals surface area contributed by atoms with Crippen LogP contribution >= 0.6 is 0 Å². The fourth-order valence-corrected chi connectivity index (χ4v) is 1.76. The molecule has 3 heteroatoms. The molecule has 0 bridgehead atoms. The Balaban J connectivity index is 1.81. The van der Waals surface area contributed by atoms with E-state index in [1.165, 1.54) is 0 Å². The first-order valence-corrected chi connectivity index (χ1v) is 6.92. The fourth-order valence-electron chi connectivity index (χ4n) is 1.76. The minimum absolute atomic E-state index is 0.276. The Hall–Kier alpha value is -2.00. The zero-order valence-electron chi connectivity index (χ0n) is 12.0. The lowest BCUT2D eigenvalue weighted by Crippen LogP contribution is -2.13. The quantitative estimate of drug-likeness (QED) is 0.761. The molecule has 2 aromatic rings. The summed E-state index contributed by atoms with van der Waals surface area (Å²) in [5.74, 6) is 1.68. The Morgan fingerprint density at radius 2 is 1.55 bits per heavy atom. The Labute approximate surface area is 120 Å². The van der Waals surface area contributed by atoms with Crippen LogP contribution in [0.5, 0.6) is 11.5 Å². The normalized spacial score (nSPS) is 10.6. The van der Waals surface area contributed by atoms with Crippen molar-refractivity contribution < 1.29 is 9.47 Å². The SMILES string of the molecule is CC(C)OCCNc1ccc(Oc2ccccc2)cc1. The number of hydrogen-bond acceptors (Lipinski definition) is 3. The smallest absolute Gasteiger partial charge is 0.127 e. The maximum Gasteiger partial charge on any atom is 0.127 e. The highest BCUT2D eigenvalue weighted by atomic mass is 16.5. The first kappa shape index (κ1) is 14.4. The van der Waals surface area contributed by atoms with Crippen molar-refractivity contribution in [3.63, 3.8) is 0 Å². The Morgan fingerprint density at radius 1 is 0.900 bits per heavy atom. The molecule has 0 aromatic heterocycles. The van der Waals surface area contributed by atoms with Gasteiger partial charge in [-0.05, 0) is 50.2 Å². The minimum atomic E-state index is 0.276. The van der Waals surface area contributed by atoms with Gasteiger partial charge in [0.1, 0.15) is 11.5 Å². The van der Waals surface area contributed by atoms with E-state index in [1.807, 2.05) is 68.4 Å². The molecule has 2 aromatic carbocycles. The summed E-state index contributed by atoms with van der Waals surface area (Å²) in [5, 5.41) is 3.31. The number of para-hydroxylation sites is 1. The lowest BCUT2D eigenvalue weighted by atomic mass is 10.3. The maximum absolute atomic E-state index is 5.74. The zero-order chi connectivity index (χ0) is 14.2. The van der Waals surface area contributed by atoms with Crippen LogP contribution in [0.2, 0.25) is 0 Å². The molecule has 0 heterocycles. The number of rotatable bonds is 7. The van der Waals surface area contributed by atoms with E-state index in [-0.39, 0.29) is 6.10 Å². The predicted octanol–water partition coefficient (Wildman–Crippen LogP) is 4.32. The summed E-state index contributed by atoms with van der Waals surface area (Å²) >= 11 is 0. The fraction of sp³-hybridized carbons (Fsp3) is 0.294. The third kappa shape index (κ3) is 4.94. The topological polar surface area (TPSA) is 30.5 Å². The van der Waals surface area contributed by atoms with E-state index in [9.17, 15) is 0 Å². The van der Waals surface area contributed by atoms with E-state index in [2.05, 4.69) is 5.32 Å². The highest BCUT2D eigenvalue weighted by Gasteiger charge is 1.98. The van der Waals surface area contributed by atoms with Crippen molar-refractivity contribution in [3.05, 3.63) is 54.6 Å². The van der Waals surface area contributed by atoms with Gasteiger partial charge in [-0.1, -0.05) is 18.2 Å². The van der Waals surface area contributed by atoms with E-state index < -0.39 is 0 Å². The lowest BCUT2D eigenvalue weighted by Gasteiger charge is -2.10. The van der Waals surface area contributed by atoms with Crippen LogP contribution in [0.25, 0.3) is 0 Å². The van der Waals surface area contributed by atoms with Crippen LogP contribution in [0.15, 0.2) is 54.6 Å². The monoisotopic (exact) mass is 271 g/mol. The number of hydrogen-bond donors (Lipinski definition) is 1. The molecule has 2 rings (SSSR count). The standard InChI is InChI=1S/C17H21NO2/c1-14(2)19-13-12-18-15-8-10-17(11-9-15)20-16-6-4-3-5-7-16/h3-11,14,18H,12-13H2,1-2H3. The molecule has 0 aliphatic heterocycles. The van der Waals surface area contributed by atoms with Crippen LogP contribution in [-0.2, 0) is 4.74 Å². The second-order valence-corrected chi connectivity index (χ2v) is 4.79. The first-order valence-electron chi connectivity index (χ1n) is 6.92. The summed E-state index contributed by atoms with van der Waals surface area (Å²) in [6.45, 7) is 5.59. The lowest BCUT2D eigenvalue weighted by molar-refractivity contribution is 0.0870. The summed E-state index contributed by atoms with van der Waals surface area (Å²) in [6, 6.07) is 17.7. The van der Waals surface area contributed by atoms with Crippen molar-refractivity contribution in [3.8, 4) is 11.5 Å². The van der Waals surface area contributed by atoms with Gasteiger partial charge >= 0.3 is 0 Å².